The van der Waals surface area contributed by atoms with E-state index < -0.39 is 29.3 Å². The monoisotopic (exact) mass is 481 g/mol. The SMILES string of the molecule is CCOc1cc(C2/C(=C(/O)c3ccc(F)cc3)C(=O)C(=O)N2c2ccc(Cl)cc2)ccc1OC. The van der Waals surface area contributed by atoms with Gasteiger partial charge in [-0.05, 0) is 73.2 Å². The average Bonchev–Trinajstić information content (AvgIpc) is 3.10. The number of carbonyl (C=O) groups is 2. The normalized spacial score (nSPS) is 17.2. The fourth-order valence-corrected chi connectivity index (χ4v) is 4.04. The van der Waals surface area contributed by atoms with Crippen LogP contribution in [-0.4, -0.2) is 30.5 Å². The Morgan fingerprint density at radius 1 is 1.03 bits per heavy atom. The summed E-state index contributed by atoms with van der Waals surface area (Å²) in [4.78, 5) is 27.7. The third kappa shape index (κ3) is 4.22. The summed E-state index contributed by atoms with van der Waals surface area (Å²) in [6, 6.07) is 15.5. The van der Waals surface area contributed by atoms with Gasteiger partial charge in [0.2, 0.25) is 0 Å². The van der Waals surface area contributed by atoms with Crippen molar-refractivity contribution in [1.29, 1.82) is 0 Å². The van der Waals surface area contributed by atoms with E-state index in [4.69, 9.17) is 21.1 Å². The van der Waals surface area contributed by atoms with Crippen LogP contribution in [0.25, 0.3) is 5.76 Å². The van der Waals surface area contributed by atoms with Crippen molar-refractivity contribution in [2.75, 3.05) is 18.6 Å². The van der Waals surface area contributed by atoms with Crippen molar-refractivity contribution in [1.82, 2.24) is 0 Å². The minimum absolute atomic E-state index is 0.126. The number of anilines is 1. The van der Waals surface area contributed by atoms with E-state index in [2.05, 4.69) is 0 Å². The Bertz CT molecular complexity index is 1270. The van der Waals surface area contributed by atoms with Gasteiger partial charge in [0.25, 0.3) is 11.7 Å². The lowest BCUT2D eigenvalue weighted by Crippen LogP contribution is -2.29. The van der Waals surface area contributed by atoms with Crippen LogP contribution in [0.15, 0.2) is 72.3 Å². The smallest absolute Gasteiger partial charge is 0.300 e. The zero-order chi connectivity index (χ0) is 24.4. The largest absolute Gasteiger partial charge is 0.507 e. The third-order valence-electron chi connectivity index (χ3n) is 5.47. The number of halogens is 2. The number of aliphatic hydroxyl groups is 1. The lowest BCUT2D eigenvalue weighted by Gasteiger charge is -2.26. The van der Waals surface area contributed by atoms with E-state index in [-0.39, 0.29) is 11.1 Å². The van der Waals surface area contributed by atoms with Crippen molar-refractivity contribution in [2.24, 2.45) is 0 Å². The summed E-state index contributed by atoms with van der Waals surface area (Å²) in [7, 11) is 1.51. The first kappa shape index (κ1) is 23.3. The minimum atomic E-state index is -0.976. The molecule has 0 radical (unpaired) electrons. The van der Waals surface area contributed by atoms with E-state index in [1.54, 1.807) is 42.5 Å². The van der Waals surface area contributed by atoms with Gasteiger partial charge in [-0.15, -0.1) is 0 Å². The van der Waals surface area contributed by atoms with Gasteiger partial charge < -0.3 is 14.6 Å². The molecule has 1 unspecified atom stereocenters. The second-order valence-corrected chi connectivity index (χ2v) is 7.93. The van der Waals surface area contributed by atoms with Crippen LogP contribution >= 0.6 is 11.6 Å². The summed E-state index contributed by atoms with van der Waals surface area (Å²) in [6.07, 6.45) is 0. The van der Waals surface area contributed by atoms with Gasteiger partial charge in [-0.2, -0.15) is 0 Å². The molecule has 1 aliphatic heterocycles. The number of Topliss-reactive ketones (excluding diaryl/α,β-unsaturated/α-hetero) is 1. The lowest BCUT2D eigenvalue weighted by molar-refractivity contribution is -0.132. The molecule has 0 bridgehead atoms. The summed E-state index contributed by atoms with van der Waals surface area (Å²) in [6.45, 7) is 2.19. The molecule has 1 aliphatic rings. The zero-order valence-electron chi connectivity index (χ0n) is 18.4. The molecule has 1 amide bonds. The number of ether oxygens (including phenoxy) is 2. The highest BCUT2D eigenvalue weighted by Gasteiger charge is 2.47. The van der Waals surface area contributed by atoms with E-state index in [1.165, 1.54) is 36.3 Å². The molecule has 1 saturated heterocycles. The van der Waals surface area contributed by atoms with E-state index in [0.717, 1.165) is 0 Å². The van der Waals surface area contributed by atoms with Crippen molar-refractivity contribution >= 4 is 34.7 Å². The van der Waals surface area contributed by atoms with Crippen molar-refractivity contribution in [3.8, 4) is 11.5 Å². The Labute approximate surface area is 200 Å². The molecule has 1 N–H and O–H groups in total. The number of amides is 1. The van der Waals surface area contributed by atoms with Crippen LogP contribution in [0.3, 0.4) is 0 Å². The molecule has 3 aromatic rings. The quantitative estimate of drug-likeness (QED) is 0.285. The van der Waals surface area contributed by atoms with Crippen molar-refractivity contribution in [3.05, 3.63) is 94.3 Å². The maximum Gasteiger partial charge on any atom is 0.300 e. The average molecular weight is 482 g/mol. The number of rotatable bonds is 6. The lowest BCUT2D eigenvalue weighted by atomic mass is 9.94. The Kier molecular flexibility index (Phi) is 6.56. The number of hydrogen-bond donors (Lipinski definition) is 1. The maximum atomic E-state index is 13.4. The first-order chi connectivity index (χ1) is 16.3. The van der Waals surface area contributed by atoms with Crippen molar-refractivity contribution < 1.29 is 28.6 Å². The second-order valence-electron chi connectivity index (χ2n) is 7.50. The summed E-state index contributed by atoms with van der Waals surface area (Å²) in [5, 5.41) is 11.6. The highest BCUT2D eigenvalue weighted by molar-refractivity contribution is 6.51. The number of hydrogen-bond acceptors (Lipinski definition) is 5. The molecule has 1 heterocycles. The molecule has 6 nitrogen and oxygen atoms in total. The highest BCUT2D eigenvalue weighted by Crippen LogP contribution is 2.44. The molecule has 174 valence electrons. The number of aliphatic hydroxyl groups excluding tert-OH is 1. The van der Waals surface area contributed by atoms with E-state index in [9.17, 15) is 19.1 Å². The molecule has 1 fully saturated rings. The number of carbonyl (C=O) groups excluding carboxylic acids is 2. The summed E-state index contributed by atoms with van der Waals surface area (Å²) < 4.78 is 24.5. The Morgan fingerprint density at radius 3 is 2.32 bits per heavy atom. The zero-order valence-corrected chi connectivity index (χ0v) is 19.2. The standard InChI is InChI=1S/C26H21ClFNO5/c1-3-34-21-14-16(6-13-20(21)33-2)23-22(24(30)15-4-9-18(28)10-5-15)25(31)26(32)29(23)19-11-7-17(27)8-12-19/h4-14,23,30H,3H2,1-2H3/b24-22-. The first-order valence-electron chi connectivity index (χ1n) is 10.5. The third-order valence-corrected chi connectivity index (χ3v) is 5.72. The topological polar surface area (TPSA) is 76.1 Å². The predicted octanol–water partition coefficient (Wildman–Crippen LogP) is 5.51. The van der Waals surface area contributed by atoms with Crippen LogP contribution in [-0.2, 0) is 9.59 Å². The summed E-state index contributed by atoms with van der Waals surface area (Å²) >= 11 is 6.02. The molecule has 8 heteroatoms. The summed E-state index contributed by atoms with van der Waals surface area (Å²) in [5.74, 6) is -1.68. The van der Waals surface area contributed by atoms with Gasteiger partial charge in [0, 0.05) is 16.3 Å². The fourth-order valence-electron chi connectivity index (χ4n) is 3.91. The number of ketones is 1. The Morgan fingerprint density at radius 2 is 1.71 bits per heavy atom. The Balaban J connectivity index is 1.95. The molecule has 1 atom stereocenters. The molecule has 0 aliphatic carbocycles. The van der Waals surface area contributed by atoms with Gasteiger partial charge in [0.05, 0.1) is 25.3 Å². The molecular weight excluding hydrogens is 461 g/mol. The van der Waals surface area contributed by atoms with Crippen LogP contribution in [0.1, 0.15) is 24.1 Å². The fraction of sp³-hybridized carbons (Fsp3) is 0.154. The van der Waals surface area contributed by atoms with Crippen molar-refractivity contribution in [2.45, 2.75) is 13.0 Å². The van der Waals surface area contributed by atoms with Gasteiger partial charge in [0.15, 0.2) is 11.5 Å². The number of benzene rings is 3. The van der Waals surface area contributed by atoms with Gasteiger partial charge in [-0.25, -0.2) is 4.39 Å². The van der Waals surface area contributed by atoms with Crippen molar-refractivity contribution in [3.63, 3.8) is 0 Å². The molecule has 0 aromatic heterocycles. The van der Waals surface area contributed by atoms with Gasteiger partial charge in [0.1, 0.15) is 11.6 Å². The maximum absolute atomic E-state index is 13.4. The number of nitrogens with zero attached hydrogens (tertiary/aromatic N) is 1. The molecular formula is C26H21ClFNO5. The van der Waals surface area contributed by atoms with Crippen LogP contribution in [0, 0.1) is 5.82 Å². The molecule has 4 rings (SSSR count). The van der Waals surface area contributed by atoms with Crippen LogP contribution in [0.2, 0.25) is 5.02 Å². The first-order valence-corrected chi connectivity index (χ1v) is 10.9. The van der Waals surface area contributed by atoms with Gasteiger partial charge >= 0.3 is 0 Å². The molecule has 34 heavy (non-hydrogen) atoms. The van der Waals surface area contributed by atoms with Crippen LogP contribution in [0.4, 0.5) is 10.1 Å². The molecule has 0 spiro atoms. The van der Waals surface area contributed by atoms with Gasteiger partial charge in [-0.1, -0.05) is 17.7 Å². The van der Waals surface area contributed by atoms with E-state index in [1.807, 2.05) is 6.92 Å². The number of methoxy groups -OCH3 is 1. The predicted molar refractivity (Wildman–Crippen MR) is 127 cm³/mol. The van der Waals surface area contributed by atoms with Gasteiger partial charge in [-0.3, -0.25) is 14.5 Å². The molecule has 3 aromatic carbocycles. The second kappa shape index (κ2) is 9.57. The van der Waals surface area contributed by atoms with E-state index in [0.29, 0.717) is 34.4 Å². The summed E-state index contributed by atoms with van der Waals surface area (Å²) in [5.41, 5.74) is 1.02. The highest BCUT2D eigenvalue weighted by atomic mass is 35.5. The van der Waals surface area contributed by atoms with E-state index >= 15 is 0 Å². The molecule has 0 saturated carbocycles. The minimum Gasteiger partial charge on any atom is -0.507 e. The van der Waals surface area contributed by atoms with Crippen LogP contribution in [0.5, 0.6) is 11.5 Å². The Hall–Kier alpha value is -3.84. The van der Waals surface area contributed by atoms with Crippen LogP contribution < -0.4 is 14.4 Å².